The van der Waals surface area contributed by atoms with Gasteiger partial charge in [0.1, 0.15) is 9.84 Å². The van der Waals surface area contributed by atoms with Gasteiger partial charge >= 0.3 is 0 Å². The van der Waals surface area contributed by atoms with Crippen molar-refractivity contribution in [2.24, 2.45) is 5.92 Å². The molecule has 0 aromatic carbocycles. The van der Waals surface area contributed by atoms with Crippen LogP contribution in [0, 0.1) is 5.92 Å². The summed E-state index contributed by atoms with van der Waals surface area (Å²) in [6.07, 6.45) is 4.99. The highest BCUT2D eigenvalue weighted by molar-refractivity contribution is 7.91. The molecule has 0 aromatic heterocycles. The minimum atomic E-state index is -2.93. The predicted octanol–water partition coefficient (Wildman–Crippen LogP) is 1.99. The van der Waals surface area contributed by atoms with Crippen LogP contribution in [-0.4, -0.2) is 45.2 Å². The summed E-state index contributed by atoms with van der Waals surface area (Å²) in [5.41, 5.74) is -0.270. The summed E-state index contributed by atoms with van der Waals surface area (Å²) >= 11 is 0. The van der Waals surface area contributed by atoms with Gasteiger partial charge in [0.2, 0.25) is 0 Å². The van der Waals surface area contributed by atoms with Crippen LogP contribution in [0.3, 0.4) is 0 Å². The van der Waals surface area contributed by atoms with Crippen LogP contribution in [0.5, 0.6) is 0 Å². The smallest absolute Gasteiger partial charge is 0.150 e. The Morgan fingerprint density at radius 1 is 1.37 bits per heavy atom. The largest absolute Gasteiger partial charge is 0.374 e. The third-order valence-electron chi connectivity index (χ3n) is 4.32. The van der Waals surface area contributed by atoms with Crippen molar-refractivity contribution in [2.75, 3.05) is 19.9 Å². The van der Waals surface area contributed by atoms with Crippen LogP contribution < -0.4 is 5.32 Å². The predicted molar refractivity (Wildman–Crippen MR) is 79.1 cm³/mol. The molecule has 0 aromatic rings. The van der Waals surface area contributed by atoms with Crippen LogP contribution in [0.25, 0.3) is 0 Å². The quantitative estimate of drug-likeness (QED) is 0.813. The molecule has 114 valence electrons. The maximum Gasteiger partial charge on any atom is 0.150 e. The highest BCUT2D eigenvalue weighted by Crippen LogP contribution is 2.35. The lowest BCUT2D eigenvalue weighted by atomic mass is 9.77. The summed E-state index contributed by atoms with van der Waals surface area (Å²) in [5.74, 6) is 0.361. The van der Waals surface area contributed by atoms with Gasteiger partial charge in [-0.05, 0) is 53.0 Å². The zero-order valence-corrected chi connectivity index (χ0v) is 13.7. The molecule has 0 radical (unpaired) electrons. The van der Waals surface area contributed by atoms with Crippen molar-refractivity contribution in [3.05, 3.63) is 0 Å². The van der Waals surface area contributed by atoms with E-state index in [2.05, 4.69) is 19.2 Å². The first kappa shape index (κ1) is 16.9. The number of hydrogen-bond donors (Lipinski definition) is 1. The van der Waals surface area contributed by atoms with Crippen molar-refractivity contribution in [1.82, 2.24) is 5.32 Å². The Morgan fingerprint density at radius 2 is 2.00 bits per heavy atom. The van der Waals surface area contributed by atoms with Gasteiger partial charge in [-0.1, -0.05) is 6.42 Å². The van der Waals surface area contributed by atoms with Gasteiger partial charge in [0.25, 0.3) is 0 Å². The molecule has 1 aliphatic carbocycles. The lowest BCUT2D eigenvalue weighted by Gasteiger charge is -2.42. The van der Waals surface area contributed by atoms with Gasteiger partial charge in [-0.2, -0.15) is 0 Å². The molecule has 0 amide bonds. The Kier molecular flexibility index (Phi) is 5.83. The third kappa shape index (κ3) is 4.43. The fourth-order valence-corrected chi connectivity index (χ4v) is 4.68. The van der Waals surface area contributed by atoms with Crippen molar-refractivity contribution in [3.63, 3.8) is 0 Å². The summed E-state index contributed by atoms with van der Waals surface area (Å²) in [7, 11) is -0.987. The van der Waals surface area contributed by atoms with E-state index in [9.17, 15) is 8.42 Å². The molecular formula is C14H29NO3S. The van der Waals surface area contributed by atoms with Crippen LogP contribution in [0.4, 0.5) is 0 Å². The Hall–Kier alpha value is -0.130. The van der Waals surface area contributed by atoms with Gasteiger partial charge < -0.3 is 10.1 Å². The second-order valence-electron chi connectivity index (χ2n) is 6.18. The lowest BCUT2D eigenvalue weighted by molar-refractivity contribution is -0.0549. The molecular weight excluding hydrogens is 262 g/mol. The van der Waals surface area contributed by atoms with E-state index in [1.54, 1.807) is 0 Å². The fraction of sp³-hybridized carbons (Fsp3) is 1.00. The first-order chi connectivity index (χ1) is 8.72. The standard InChI is InChI=1S/C14H29NO3S/c1-6-18-14(2,3)13(15-4)11-8-7-9-12(10-11)19(5,16)17/h11-13,15H,6-10H2,1-5H3. The first-order valence-corrected chi connectivity index (χ1v) is 9.18. The van der Waals surface area contributed by atoms with Gasteiger partial charge in [0.15, 0.2) is 0 Å². The number of likely N-dealkylation sites (N-methyl/N-ethyl adjacent to an activating group) is 1. The van der Waals surface area contributed by atoms with Crippen molar-refractivity contribution >= 4 is 9.84 Å². The maximum atomic E-state index is 11.8. The number of ether oxygens (including phenoxy) is 1. The molecule has 1 fully saturated rings. The molecule has 0 bridgehead atoms. The zero-order chi connectivity index (χ0) is 14.7. The van der Waals surface area contributed by atoms with E-state index in [-0.39, 0.29) is 16.9 Å². The van der Waals surface area contributed by atoms with E-state index < -0.39 is 9.84 Å². The zero-order valence-electron chi connectivity index (χ0n) is 12.9. The summed E-state index contributed by atoms with van der Waals surface area (Å²) in [6.45, 7) is 6.84. The van der Waals surface area contributed by atoms with Crippen molar-refractivity contribution in [3.8, 4) is 0 Å². The minimum absolute atomic E-state index is 0.181. The average Bonchev–Trinajstić information content (AvgIpc) is 2.28. The summed E-state index contributed by atoms with van der Waals surface area (Å²) in [4.78, 5) is 0. The van der Waals surface area contributed by atoms with Gasteiger partial charge in [0.05, 0.1) is 10.9 Å². The number of sulfone groups is 1. The van der Waals surface area contributed by atoms with Crippen LogP contribution >= 0.6 is 0 Å². The molecule has 3 atom stereocenters. The normalized spacial score (nSPS) is 27.2. The van der Waals surface area contributed by atoms with E-state index in [1.165, 1.54) is 6.26 Å². The molecule has 1 aliphatic rings. The second kappa shape index (κ2) is 6.55. The van der Waals surface area contributed by atoms with E-state index in [0.717, 1.165) is 25.7 Å². The van der Waals surface area contributed by atoms with Gasteiger partial charge in [0, 0.05) is 18.9 Å². The van der Waals surface area contributed by atoms with E-state index in [0.29, 0.717) is 12.5 Å². The highest BCUT2D eigenvalue weighted by atomic mass is 32.2. The summed E-state index contributed by atoms with van der Waals surface area (Å²) < 4.78 is 29.4. The second-order valence-corrected chi connectivity index (χ2v) is 8.51. The van der Waals surface area contributed by atoms with Crippen LogP contribution in [0.2, 0.25) is 0 Å². The highest BCUT2D eigenvalue weighted by Gasteiger charge is 2.39. The molecule has 5 heteroatoms. The molecule has 3 unspecified atom stereocenters. The van der Waals surface area contributed by atoms with Crippen LogP contribution in [-0.2, 0) is 14.6 Å². The Balaban J connectivity index is 2.82. The van der Waals surface area contributed by atoms with Gasteiger partial charge in [-0.25, -0.2) is 8.42 Å². The molecule has 0 saturated heterocycles. The van der Waals surface area contributed by atoms with E-state index in [4.69, 9.17) is 4.74 Å². The molecule has 1 rings (SSSR count). The Morgan fingerprint density at radius 3 is 2.47 bits per heavy atom. The summed E-state index contributed by atoms with van der Waals surface area (Å²) in [5, 5.41) is 3.17. The number of rotatable bonds is 6. The maximum absolute atomic E-state index is 11.8. The number of hydrogen-bond acceptors (Lipinski definition) is 4. The van der Waals surface area contributed by atoms with Gasteiger partial charge in [-0.15, -0.1) is 0 Å². The average molecular weight is 291 g/mol. The van der Waals surface area contributed by atoms with Crippen LogP contribution in [0.1, 0.15) is 46.5 Å². The molecule has 19 heavy (non-hydrogen) atoms. The third-order valence-corrected chi connectivity index (χ3v) is 5.96. The molecule has 0 aliphatic heterocycles. The molecule has 4 nitrogen and oxygen atoms in total. The molecule has 1 saturated carbocycles. The monoisotopic (exact) mass is 291 g/mol. The number of nitrogens with one attached hydrogen (secondary N) is 1. The molecule has 0 heterocycles. The van der Waals surface area contributed by atoms with E-state index >= 15 is 0 Å². The lowest BCUT2D eigenvalue weighted by Crippen LogP contribution is -2.53. The Labute approximate surface area is 118 Å². The van der Waals surface area contributed by atoms with Crippen molar-refractivity contribution < 1.29 is 13.2 Å². The molecule has 1 N–H and O–H groups in total. The van der Waals surface area contributed by atoms with Crippen molar-refractivity contribution in [1.29, 1.82) is 0 Å². The van der Waals surface area contributed by atoms with Crippen LogP contribution in [0.15, 0.2) is 0 Å². The fourth-order valence-electron chi connectivity index (χ4n) is 3.49. The van der Waals surface area contributed by atoms with E-state index in [1.807, 2.05) is 14.0 Å². The minimum Gasteiger partial charge on any atom is -0.374 e. The molecule has 0 spiro atoms. The Bertz CT molecular complexity index is 378. The SMILES string of the molecule is CCOC(C)(C)C(NC)C1CCCC(S(C)(=O)=O)C1. The van der Waals surface area contributed by atoms with Gasteiger partial charge in [-0.3, -0.25) is 0 Å². The summed E-state index contributed by atoms with van der Waals surface area (Å²) in [6, 6.07) is 0.192. The first-order valence-electron chi connectivity index (χ1n) is 7.22. The topological polar surface area (TPSA) is 55.4 Å². The van der Waals surface area contributed by atoms with Crippen molar-refractivity contribution in [2.45, 2.75) is 63.3 Å².